The quantitative estimate of drug-likeness (QED) is 0.631. The molecule has 26 heavy (non-hydrogen) atoms. The van der Waals surface area contributed by atoms with E-state index in [1.54, 1.807) is 12.1 Å². The molecule has 0 aliphatic carbocycles. The molecule has 0 spiro atoms. The molecule has 0 aromatic heterocycles. The van der Waals surface area contributed by atoms with E-state index in [0.717, 1.165) is 5.56 Å². The lowest BCUT2D eigenvalue weighted by Crippen LogP contribution is -2.31. The van der Waals surface area contributed by atoms with Gasteiger partial charge in [0.25, 0.3) is 5.91 Å². The minimum atomic E-state index is -0.631. The maximum absolute atomic E-state index is 12.0. The minimum absolute atomic E-state index is 0.184. The monoisotopic (exact) mass is 355 g/mol. The van der Waals surface area contributed by atoms with Gasteiger partial charge in [-0.05, 0) is 36.8 Å². The summed E-state index contributed by atoms with van der Waals surface area (Å²) in [7, 11) is 0. The van der Waals surface area contributed by atoms with E-state index < -0.39 is 18.5 Å². The number of amides is 1. The predicted octanol–water partition coefficient (Wildman–Crippen LogP) is 2.26. The highest BCUT2D eigenvalue weighted by molar-refractivity contribution is 5.92. The summed E-state index contributed by atoms with van der Waals surface area (Å²) in [4.78, 5) is 34.5. The van der Waals surface area contributed by atoms with Crippen LogP contribution in [0, 0.1) is 0 Å². The van der Waals surface area contributed by atoms with E-state index in [1.807, 2.05) is 13.0 Å². The van der Waals surface area contributed by atoms with E-state index in [1.165, 1.54) is 24.3 Å². The van der Waals surface area contributed by atoms with Gasteiger partial charge < -0.3 is 19.5 Å². The second-order valence-corrected chi connectivity index (χ2v) is 5.72. The molecule has 3 rings (SSSR count). The first-order valence-corrected chi connectivity index (χ1v) is 7.98. The number of ether oxygens (including phenoxy) is 3. The summed E-state index contributed by atoms with van der Waals surface area (Å²) >= 11 is 0. The molecule has 2 aromatic carbocycles. The van der Waals surface area contributed by atoms with Crippen LogP contribution in [0.1, 0.15) is 39.2 Å². The van der Waals surface area contributed by atoms with E-state index in [2.05, 4.69) is 5.32 Å². The molecule has 1 heterocycles. The van der Waals surface area contributed by atoms with Gasteiger partial charge in [-0.15, -0.1) is 0 Å². The van der Waals surface area contributed by atoms with Crippen molar-refractivity contribution in [3.05, 3.63) is 59.2 Å². The van der Waals surface area contributed by atoms with Crippen LogP contribution >= 0.6 is 0 Å². The molecule has 1 aliphatic rings. The molecule has 2 aromatic rings. The Labute approximate surface area is 149 Å². The Bertz CT molecular complexity index is 830. The van der Waals surface area contributed by atoms with Gasteiger partial charge in [-0.3, -0.25) is 9.59 Å². The number of aldehydes is 1. The highest BCUT2D eigenvalue weighted by atomic mass is 16.7. The van der Waals surface area contributed by atoms with Crippen LogP contribution in [-0.2, 0) is 9.53 Å². The SMILES string of the molecule is C[C@@H](NC(=O)COC(=O)c1ccc(C=O)cc1)c1ccc2c(c1)OCO2. The van der Waals surface area contributed by atoms with Crippen LogP contribution in [-0.4, -0.2) is 31.6 Å². The highest BCUT2D eigenvalue weighted by Crippen LogP contribution is 2.34. The van der Waals surface area contributed by atoms with Gasteiger partial charge in [0, 0.05) is 5.56 Å². The number of esters is 1. The molecular weight excluding hydrogens is 338 g/mol. The van der Waals surface area contributed by atoms with Gasteiger partial charge in [-0.25, -0.2) is 4.79 Å². The van der Waals surface area contributed by atoms with Gasteiger partial charge >= 0.3 is 5.97 Å². The van der Waals surface area contributed by atoms with Gasteiger partial charge in [-0.1, -0.05) is 18.2 Å². The average Bonchev–Trinajstić information content (AvgIpc) is 3.14. The Morgan fingerprint density at radius 2 is 1.88 bits per heavy atom. The maximum Gasteiger partial charge on any atom is 0.338 e. The average molecular weight is 355 g/mol. The Morgan fingerprint density at radius 3 is 2.62 bits per heavy atom. The summed E-state index contributed by atoms with van der Waals surface area (Å²) in [6.45, 7) is 1.60. The zero-order chi connectivity index (χ0) is 18.5. The Balaban J connectivity index is 1.51. The summed E-state index contributed by atoms with van der Waals surface area (Å²) in [6.07, 6.45) is 0.681. The minimum Gasteiger partial charge on any atom is -0.454 e. The molecule has 1 atom stereocenters. The summed E-state index contributed by atoms with van der Waals surface area (Å²) < 4.78 is 15.6. The molecule has 0 saturated heterocycles. The molecule has 7 nitrogen and oxygen atoms in total. The lowest BCUT2D eigenvalue weighted by Gasteiger charge is -2.15. The fraction of sp³-hybridized carbons (Fsp3) is 0.211. The van der Waals surface area contributed by atoms with Gasteiger partial charge in [0.2, 0.25) is 6.79 Å². The molecular formula is C19H17NO6. The third-order valence-corrected chi connectivity index (χ3v) is 3.89. The van der Waals surface area contributed by atoms with E-state index in [9.17, 15) is 14.4 Å². The summed E-state index contributed by atoms with van der Waals surface area (Å²) in [5.74, 6) is 0.247. The van der Waals surface area contributed by atoms with Crippen molar-refractivity contribution >= 4 is 18.2 Å². The fourth-order valence-corrected chi connectivity index (χ4v) is 2.46. The van der Waals surface area contributed by atoms with Crippen molar-refractivity contribution in [1.29, 1.82) is 0 Å². The molecule has 0 radical (unpaired) electrons. The van der Waals surface area contributed by atoms with Crippen LogP contribution in [0.3, 0.4) is 0 Å². The molecule has 1 aliphatic heterocycles. The standard InChI is InChI=1S/C19H17NO6/c1-12(15-6-7-16-17(8-15)26-11-25-16)20-18(22)10-24-19(23)14-4-2-13(9-21)3-5-14/h2-9,12H,10-11H2,1H3,(H,20,22)/t12-/m1/s1. The van der Waals surface area contributed by atoms with E-state index >= 15 is 0 Å². The van der Waals surface area contributed by atoms with Crippen molar-refractivity contribution in [3.63, 3.8) is 0 Å². The number of hydrogen-bond donors (Lipinski definition) is 1. The Hall–Kier alpha value is -3.35. The molecule has 0 fully saturated rings. The summed E-state index contributed by atoms with van der Waals surface area (Å²) in [5, 5.41) is 2.75. The molecule has 7 heteroatoms. The maximum atomic E-state index is 12.0. The van der Waals surface area contributed by atoms with Crippen molar-refractivity contribution in [2.75, 3.05) is 13.4 Å². The van der Waals surface area contributed by atoms with Crippen LogP contribution in [0.5, 0.6) is 11.5 Å². The fourth-order valence-electron chi connectivity index (χ4n) is 2.46. The Morgan fingerprint density at radius 1 is 1.15 bits per heavy atom. The first kappa shape index (κ1) is 17.5. The summed E-state index contributed by atoms with van der Waals surface area (Å²) in [6, 6.07) is 11.1. The number of fused-ring (bicyclic) bond motifs is 1. The lowest BCUT2D eigenvalue weighted by atomic mass is 10.1. The zero-order valence-corrected chi connectivity index (χ0v) is 14.1. The van der Waals surface area contributed by atoms with Gasteiger partial charge in [0.05, 0.1) is 11.6 Å². The van der Waals surface area contributed by atoms with Crippen LogP contribution in [0.15, 0.2) is 42.5 Å². The zero-order valence-electron chi connectivity index (χ0n) is 14.1. The van der Waals surface area contributed by atoms with Gasteiger partial charge in [-0.2, -0.15) is 0 Å². The number of rotatable bonds is 6. The number of nitrogens with one attached hydrogen (secondary N) is 1. The van der Waals surface area contributed by atoms with Crippen LogP contribution in [0.2, 0.25) is 0 Å². The largest absolute Gasteiger partial charge is 0.454 e. The van der Waals surface area contributed by atoms with Crippen molar-refractivity contribution < 1.29 is 28.6 Å². The van der Waals surface area contributed by atoms with E-state index in [4.69, 9.17) is 14.2 Å². The number of carbonyl (C=O) groups is 3. The normalized spacial score (nSPS) is 13.0. The molecule has 1 N–H and O–H groups in total. The lowest BCUT2D eigenvalue weighted by molar-refractivity contribution is -0.124. The number of carbonyl (C=O) groups excluding carboxylic acids is 3. The molecule has 0 saturated carbocycles. The highest BCUT2D eigenvalue weighted by Gasteiger charge is 2.17. The smallest absolute Gasteiger partial charge is 0.338 e. The van der Waals surface area contributed by atoms with Crippen molar-refractivity contribution in [2.24, 2.45) is 0 Å². The predicted molar refractivity (Wildman–Crippen MR) is 91.2 cm³/mol. The number of benzene rings is 2. The van der Waals surface area contributed by atoms with E-state index in [-0.39, 0.29) is 18.4 Å². The van der Waals surface area contributed by atoms with Crippen molar-refractivity contribution in [3.8, 4) is 11.5 Å². The number of hydrogen-bond acceptors (Lipinski definition) is 6. The van der Waals surface area contributed by atoms with Crippen molar-refractivity contribution in [2.45, 2.75) is 13.0 Å². The van der Waals surface area contributed by atoms with Crippen molar-refractivity contribution in [1.82, 2.24) is 5.32 Å². The van der Waals surface area contributed by atoms with Crippen LogP contribution < -0.4 is 14.8 Å². The second-order valence-electron chi connectivity index (χ2n) is 5.72. The summed E-state index contributed by atoms with van der Waals surface area (Å²) in [5.41, 5.74) is 1.57. The molecule has 0 bridgehead atoms. The first-order valence-electron chi connectivity index (χ1n) is 7.98. The third kappa shape index (κ3) is 4.00. The second kappa shape index (κ2) is 7.69. The molecule has 1 amide bonds. The third-order valence-electron chi connectivity index (χ3n) is 3.89. The molecule has 0 unspecified atom stereocenters. The first-order chi connectivity index (χ1) is 12.6. The van der Waals surface area contributed by atoms with E-state index in [0.29, 0.717) is 23.3 Å². The van der Waals surface area contributed by atoms with Crippen LogP contribution in [0.25, 0.3) is 0 Å². The topological polar surface area (TPSA) is 90.9 Å². The van der Waals surface area contributed by atoms with Crippen LogP contribution in [0.4, 0.5) is 0 Å². The van der Waals surface area contributed by atoms with Gasteiger partial charge in [0.15, 0.2) is 18.1 Å². The van der Waals surface area contributed by atoms with Gasteiger partial charge in [0.1, 0.15) is 6.29 Å². The molecule has 134 valence electrons. The Kier molecular flexibility index (Phi) is 5.17.